The maximum atomic E-state index is 13.6. The highest BCUT2D eigenvalue weighted by atomic mass is 19.3. The Labute approximate surface area is 267 Å². The van der Waals surface area contributed by atoms with Gasteiger partial charge in [0.2, 0.25) is 11.9 Å². The topological polar surface area (TPSA) is 149 Å². The summed E-state index contributed by atoms with van der Waals surface area (Å²) in [6, 6.07) is 0. The number of likely N-dealkylation sites (N-methyl/N-ethyl adjacent to an activating group) is 3. The number of alkyl halides is 2. The van der Waals surface area contributed by atoms with E-state index in [2.05, 4.69) is 65.9 Å². The summed E-state index contributed by atoms with van der Waals surface area (Å²) in [5, 5.41) is 6.40. The molecule has 2 aliphatic heterocycles. The lowest BCUT2D eigenvalue weighted by Gasteiger charge is -2.27. The Kier molecular flexibility index (Phi) is 21.6. The molecule has 2 aliphatic rings. The smallest absolute Gasteiger partial charge is 0.281 e. The van der Waals surface area contributed by atoms with Gasteiger partial charge in [-0.1, -0.05) is 20.3 Å². The first kappa shape index (κ1) is 40.0. The van der Waals surface area contributed by atoms with Gasteiger partial charge in [0.05, 0.1) is 31.9 Å². The molecule has 0 spiro atoms. The molecule has 0 aliphatic carbocycles. The highest BCUT2D eigenvalue weighted by Gasteiger charge is 2.22. The van der Waals surface area contributed by atoms with Crippen molar-refractivity contribution in [2.75, 3.05) is 106 Å². The van der Waals surface area contributed by atoms with Gasteiger partial charge in [0.15, 0.2) is 5.84 Å². The summed E-state index contributed by atoms with van der Waals surface area (Å²) in [5.74, 6) is 0.912. The monoisotopic (exact) mass is 639 g/mol. The molecule has 45 heavy (non-hydrogen) atoms. The minimum atomic E-state index is -2.85. The van der Waals surface area contributed by atoms with Gasteiger partial charge >= 0.3 is 0 Å². The van der Waals surface area contributed by atoms with Crippen molar-refractivity contribution >= 4 is 30.7 Å². The number of hydrogen-bond donors (Lipinski definition) is 3. The zero-order chi connectivity index (χ0) is 33.5. The molecule has 0 radical (unpaired) electrons. The fourth-order valence-electron chi connectivity index (χ4n) is 4.44. The van der Waals surface area contributed by atoms with Crippen LogP contribution in [0.25, 0.3) is 0 Å². The maximum absolute atomic E-state index is 13.6. The number of hydrogen-bond acceptors (Lipinski definition) is 10. The number of aldehydes is 1. The number of aliphatic imine (C=N–C) groups is 3. The van der Waals surface area contributed by atoms with Gasteiger partial charge in [-0.05, 0) is 59.7 Å². The van der Waals surface area contributed by atoms with Crippen LogP contribution in [-0.4, -0.2) is 149 Å². The normalized spacial score (nSPS) is 16.3. The number of carbonyl (C=O) groups excluding carboxylic acids is 1. The lowest BCUT2D eigenvalue weighted by atomic mass is 9.98. The number of carbonyl (C=O) groups is 1. The van der Waals surface area contributed by atoms with E-state index in [1.165, 1.54) is 25.5 Å². The van der Waals surface area contributed by atoms with E-state index in [1.807, 2.05) is 26.0 Å². The standard InChI is InChI=1S/C18H29F2N9O.C9H18N2O.C3H8/c1-22-4-6-28(3)7-5-24-16(13-12-25-17(21)26-14(13)15(19)20)27-18(23-2)29-8-10-30-11-9-29;1-11(6-7-12)8-9-2-4-10-5-3-9;1-3-2/h12,15,22H,2,4-11H2,1,3H3,(H2,21,25,26);7,9-10H,2-6,8H2,1H3;3H2,1-2H3. The van der Waals surface area contributed by atoms with Gasteiger partial charge in [-0.15, -0.1) is 0 Å². The zero-order valence-electron chi connectivity index (χ0n) is 27.9. The molecule has 0 amide bonds. The number of nitrogens with two attached hydrogens (primary N) is 1. The van der Waals surface area contributed by atoms with E-state index in [9.17, 15) is 13.6 Å². The third kappa shape index (κ3) is 16.8. The van der Waals surface area contributed by atoms with Crippen LogP contribution in [-0.2, 0) is 9.53 Å². The van der Waals surface area contributed by atoms with Crippen LogP contribution in [0.3, 0.4) is 0 Å². The molecule has 1 aromatic heterocycles. The third-order valence-electron chi connectivity index (χ3n) is 6.83. The molecule has 0 atom stereocenters. The molecule has 15 heteroatoms. The number of nitrogens with one attached hydrogen (secondary N) is 2. The van der Waals surface area contributed by atoms with Gasteiger partial charge in [-0.3, -0.25) is 9.89 Å². The van der Waals surface area contributed by atoms with Crippen LogP contribution < -0.4 is 16.4 Å². The summed E-state index contributed by atoms with van der Waals surface area (Å²) in [6.45, 7) is 16.5. The molecule has 1 aromatic rings. The molecule has 2 fully saturated rings. The highest BCUT2D eigenvalue weighted by molar-refractivity contribution is 6.07. The number of guanidine groups is 1. The van der Waals surface area contributed by atoms with E-state index in [0.29, 0.717) is 45.9 Å². The Hall–Kier alpha value is -2.98. The van der Waals surface area contributed by atoms with Crippen molar-refractivity contribution < 1.29 is 18.3 Å². The second-order valence-corrected chi connectivity index (χ2v) is 10.9. The number of rotatable bonds is 12. The van der Waals surface area contributed by atoms with Crippen LogP contribution in [0.5, 0.6) is 0 Å². The first-order valence-corrected chi connectivity index (χ1v) is 15.7. The van der Waals surface area contributed by atoms with Crippen LogP contribution in [0.2, 0.25) is 0 Å². The number of anilines is 1. The van der Waals surface area contributed by atoms with Crippen molar-refractivity contribution in [1.29, 1.82) is 0 Å². The highest BCUT2D eigenvalue weighted by Crippen LogP contribution is 2.22. The minimum absolute atomic E-state index is 0.0199. The van der Waals surface area contributed by atoms with Crippen LogP contribution in [0.4, 0.5) is 14.7 Å². The predicted molar refractivity (Wildman–Crippen MR) is 179 cm³/mol. The number of aromatic nitrogens is 2. The first-order chi connectivity index (χ1) is 21.7. The molecular weight excluding hydrogens is 584 g/mol. The van der Waals surface area contributed by atoms with E-state index >= 15 is 0 Å². The molecule has 256 valence electrons. The molecule has 3 rings (SSSR count). The summed E-state index contributed by atoms with van der Waals surface area (Å²) in [6.07, 6.45) is 3.09. The number of ether oxygens (including phenoxy) is 1. The molecule has 0 aromatic carbocycles. The van der Waals surface area contributed by atoms with Crippen molar-refractivity contribution in [1.82, 2.24) is 35.3 Å². The summed E-state index contributed by atoms with van der Waals surface area (Å²) < 4.78 is 32.5. The average Bonchev–Trinajstić information content (AvgIpc) is 3.03. The van der Waals surface area contributed by atoms with Gasteiger partial charge < -0.3 is 35.7 Å². The molecule has 3 heterocycles. The molecule has 2 saturated heterocycles. The average molecular weight is 640 g/mol. The largest absolute Gasteiger partial charge is 0.378 e. The molecule has 4 N–H and O–H groups in total. The van der Waals surface area contributed by atoms with Gasteiger partial charge in [0.1, 0.15) is 12.0 Å². The summed E-state index contributed by atoms with van der Waals surface area (Å²) in [7, 11) is 5.84. The van der Waals surface area contributed by atoms with E-state index in [0.717, 1.165) is 44.9 Å². The molecular formula is C30H55F2N11O2. The number of piperidine rings is 1. The van der Waals surface area contributed by atoms with Crippen molar-refractivity contribution in [2.45, 2.75) is 39.5 Å². The van der Waals surface area contributed by atoms with Gasteiger partial charge in [0.25, 0.3) is 6.43 Å². The summed E-state index contributed by atoms with van der Waals surface area (Å²) in [4.78, 5) is 36.7. The Morgan fingerprint density at radius 3 is 2.49 bits per heavy atom. The van der Waals surface area contributed by atoms with Crippen LogP contribution in [0.15, 0.2) is 21.2 Å². The lowest BCUT2D eigenvalue weighted by molar-refractivity contribution is -0.108. The maximum Gasteiger partial charge on any atom is 0.281 e. The van der Waals surface area contributed by atoms with Crippen molar-refractivity contribution in [3.63, 3.8) is 0 Å². The fourth-order valence-corrected chi connectivity index (χ4v) is 4.44. The number of nitrogen functional groups attached to an aromatic ring is 1. The summed E-state index contributed by atoms with van der Waals surface area (Å²) >= 11 is 0. The van der Waals surface area contributed by atoms with Crippen LogP contribution in [0, 0.1) is 5.92 Å². The Morgan fingerprint density at radius 2 is 1.91 bits per heavy atom. The second kappa shape index (κ2) is 24.3. The van der Waals surface area contributed by atoms with Gasteiger partial charge in [-0.2, -0.15) is 4.99 Å². The molecule has 0 unspecified atom stereocenters. The number of nitrogens with zero attached hydrogens (tertiary/aromatic N) is 8. The van der Waals surface area contributed by atoms with Crippen LogP contribution in [0.1, 0.15) is 50.8 Å². The van der Waals surface area contributed by atoms with Crippen molar-refractivity contribution in [3.05, 3.63) is 17.5 Å². The quantitative estimate of drug-likeness (QED) is 0.176. The summed E-state index contributed by atoms with van der Waals surface area (Å²) in [5.41, 5.74) is 5.01. The number of amidine groups is 1. The Bertz CT molecular complexity index is 1020. The van der Waals surface area contributed by atoms with Gasteiger partial charge in [0, 0.05) is 45.5 Å². The van der Waals surface area contributed by atoms with E-state index in [-0.39, 0.29) is 23.3 Å². The van der Waals surface area contributed by atoms with E-state index < -0.39 is 12.1 Å². The third-order valence-corrected chi connectivity index (χ3v) is 6.83. The lowest BCUT2D eigenvalue weighted by Crippen LogP contribution is -2.40. The fraction of sp³-hybridized carbons (Fsp3) is 0.733. The Morgan fingerprint density at radius 1 is 1.24 bits per heavy atom. The number of morpholine rings is 1. The molecule has 0 bridgehead atoms. The van der Waals surface area contributed by atoms with Crippen LogP contribution >= 0.6 is 0 Å². The minimum Gasteiger partial charge on any atom is -0.378 e. The second-order valence-electron chi connectivity index (χ2n) is 10.9. The van der Waals surface area contributed by atoms with E-state index in [4.69, 9.17) is 10.5 Å². The predicted octanol–water partition coefficient (Wildman–Crippen LogP) is 1.82. The Balaban J connectivity index is 0.000000558. The van der Waals surface area contributed by atoms with Gasteiger partial charge in [-0.25, -0.2) is 23.7 Å². The zero-order valence-corrected chi connectivity index (χ0v) is 27.9. The van der Waals surface area contributed by atoms with Crippen molar-refractivity contribution in [3.8, 4) is 0 Å². The first-order valence-electron chi connectivity index (χ1n) is 15.7. The molecule has 13 nitrogen and oxygen atoms in total. The van der Waals surface area contributed by atoms with E-state index in [1.54, 1.807) is 0 Å². The number of halogens is 2. The SMILES string of the molecule is C=NC(=NC(=NCCN(C)CCNC)c1cnc(N)nc1C(F)F)N1CCOCC1.CCC.CN(CC=O)CC1CCNCC1. The van der Waals surface area contributed by atoms with Crippen molar-refractivity contribution in [2.24, 2.45) is 20.9 Å². The molecule has 0 saturated carbocycles.